The zero-order valence-electron chi connectivity index (χ0n) is 44.8. The van der Waals surface area contributed by atoms with Gasteiger partial charge < -0.3 is 4.74 Å². The number of rotatable bonds is 8. The summed E-state index contributed by atoms with van der Waals surface area (Å²) in [6, 6.07) is 50.2. The van der Waals surface area contributed by atoms with Crippen molar-refractivity contribution in [2.24, 2.45) is 0 Å². The number of methoxy groups -OCH3 is 1. The third-order valence-corrected chi connectivity index (χ3v) is 12.5. The van der Waals surface area contributed by atoms with Gasteiger partial charge in [-0.1, -0.05) is 150 Å². The summed E-state index contributed by atoms with van der Waals surface area (Å²) < 4.78 is 59.0. The van der Waals surface area contributed by atoms with E-state index in [0.717, 1.165) is 83.5 Å². The molecule has 0 fully saturated rings. The second-order valence-electron chi connectivity index (χ2n) is 19.3. The van der Waals surface area contributed by atoms with Gasteiger partial charge in [-0.3, -0.25) is 9.55 Å². The summed E-state index contributed by atoms with van der Waals surface area (Å²) in [5, 5.41) is 0. The molecule has 2 aromatic heterocycles. The SMILES string of the molecule is [2H]C([2H])([2H])c1ccc(-c2ccnc(-c3cc(-c4cccc5c4nc(-c4cc(C)cc(C)c4OC)n5-c4cc(C([2H])([2H])[2H])c(-c5ccccc5)cc4-c4ccc(C(C)(C)C)cc4)cc(C(C)(C)C)c3)c2)cc1. The molecular weight excluding hydrogens is 791 g/mol. The number of hydrogen-bond acceptors (Lipinski definition) is 3. The summed E-state index contributed by atoms with van der Waals surface area (Å²) in [6.45, 7) is 12.6. The quantitative estimate of drug-likeness (QED) is 0.153. The summed E-state index contributed by atoms with van der Waals surface area (Å²) in [5.41, 5.74) is 16.0. The van der Waals surface area contributed by atoms with E-state index in [0.29, 0.717) is 28.4 Å². The van der Waals surface area contributed by atoms with Crippen molar-refractivity contribution in [1.82, 2.24) is 14.5 Å². The molecule has 0 bridgehead atoms. The van der Waals surface area contributed by atoms with Gasteiger partial charge >= 0.3 is 0 Å². The average molecular weight is 856 g/mol. The van der Waals surface area contributed by atoms with Crippen molar-refractivity contribution in [1.29, 1.82) is 0 Å². The first-order chi connectivity index (χ1) is 33.5. The molecule has 4 heteroatoms. The van der Waals surface area contributed by atoms with Gasteiger partial charge in [-0.15, -0.1) is 0 Å². The number of benzene rings is 7. The van der Waals surface area contributed by atoms with Gasteiger partial charge in [0, 0.05) is 31.1 Å². The number of imidazole rings is 1. The van der Waals surface area contributed by atoms with Crippen molar-refractivity contribution in [3.05, 3.63) is 191 Å². The fourth-order valence-electron chi connectivity index (χ4n) is 8.95. The Morgan fingerprint density at radius 1 is 0.508 bits per heavy atom. The van der Waals surface area contributed by atoms with Crippen LogP contribution in [0.15, 0.2) is 158 Å². The number of fused-ring (bicyclic) bond motifs is 1. The first-order valence-corrected chi connectivity index (χ1v) is 22.3. The van der Waals surface area contributed by atoms with Crippen LogP contribution in [0.1, 0.15) is 83.1 Å². The lowest BCUT2D eigenvalue weighted by Crippen LogP contribution is -2.11. The molecule has 324 valence electrons. The van der Waals surface area contributed by atoms with E-state index in [-0.39, 0.29) is 16.4 Å². The number of ether oxygens (including phenoxy) is 1. The van der Waals surface area contributed by atoms with Crippen molar-refractivity contribution in [3.63, 3.8) is 0 Å². The molecule has 0 radical (unpaired) electrons. The minimum atomic E-state index is -2.47. The molecule has 0 saturated carbocycles. The van der Waals surface area contributed by atoms with E-state index in [9.17, 15) is 0 Å². The van der Waals surface area contributed by atoms with Gasteiger partial charge in [-0.2, -0.15) is 0 Å². The Labute approximate surface area is 394 Å². The Kier molecular flexibility index (Phi) is 9.40. The van der Waals surface area contributed by atoms with Crippen LogP contribution in [0.3, 0.4) is 0 Å². The van der Waals surface area contributed by atoms with Crippen molar-refractivity contribution in [3.8, 4) is 78.6 Å². The van der Waals surface area contributed by atoms with E-state index in [1.165, 1.54) is 5.56 Å². The maximum atomic E-state index is 9.02. The fraction of sp³-hybridized carbons (Fsp3) is 0.213. The molecule has 0 aliphatic heterocycles. The van der Waals surface area contributed by atoms with Crippen LogP contribution in [0.5, 0.6) is 5.75 Å². The van der Waals surface area contributed by atoms with Gasteiger partial charge in [0.15, 0.2) is 0 Å². The molecule has 0 aliphatic rings. The minimum absolute atomic E-state index is 0.0797. The largest absolute Gasteiger partial charge is 0.496 e. The lowest BCUT2D eigenvalue weighted by molar-refractivity contribution is 0.413. The number of aromatic nitrogens is 3. The second kappa shape index (κ2) is 16.8. The highest BCUT2D eigenvalue weighted by Gasteiger charge is 2.26. The number of hydrogen-bond donors (Lipinski definition) is 0. The van der Waals surface area contributed by atoms with E-state index in [1.54, 1.807) is 25.4 Å². The molecule has 4 nitrogen and oxygen atoms in total. The van der Waals surface area contributed by atoms with Crippen molar-refractivity contribution in [2.45, 2.75) is 79.9 Å². The Balaban J connectivity index is 1.34. The molecule has 0 spiro atoms. The van der Waals surface area contributed by atoms with E-state index < -0.39 is 13.7 Å². The van der Waals surface area contributed by atoms with Crippen molar-refractivity contribution >= 4 is 11.0 Å². The van der Waals surface area contributed by atoms with Crippen LogP contribution in [0, 0.1) is 27.6 Å². The second-order valence-corrected chi connectivity index (χ2v) is 19.3. The smallest absolute Gasteiger partial charge is 0.149 e. The van der Waals surface area contributed by atoms with Crippen LogP contribution in [-0.2, 0) is 10.8 Å². The molecule has 65 heavy (non-hydrogen) atoms. The molecule has 0 saturated heterocycles. The van der Waals surface area contributed by atoms with Crippen LogP contribution in [0.4, 0.5) is 0 Å². The molecule has 7 aromatic carbocycles. The Bertz CT molecular complexity index is 3450. The monoisotopic (exact) mass is 856 g/mol. The summed E-state index contributed by atoms with van der Waals surface area (Å²) in [5.74, 6) is 1.29. The molecule has 0 aliphatic carbocycles. The average Bonchev–Trinajstić information content (AvgIpc) is 3.72. The fourth-order valence-corrected chi connectivity index (χ4v) is 8.95. The molecule has 2 heterocycles. The molecule has 0 amide bonds. The maximum absolute atomic E-state index is 9.02. The molecule has 9 aromatic rings. The Morgan fingerprint density at radius 3 is 1.91 bits per heavy atom. The highest BCUT2D eigenvalue weighted by Crippen LogP contribution is 2.44. The van der Waals surface area contributed by atoms with E-state index in [4.69, 9.17) is 22.9 Å². The molecule has 0 atom stereocenters. The Hall–Kier alpha value is -7.04. The van der Waals surface area contributed by atoms with Gasteiger partial charge in [-0.05, 0) is 148 Å². The molecule has 0 N–H and O–H groups in total. The van der Waals surface area contributed by atoms with Gasteiger partial charge in [-0.25, -0.2) is 4.98 Å². The lowest BCUT2D eigenvalue weighted by Gasteiger charge is -2.22. The lowest BCUT2D eigenvalue weighted by atomic mass is 9.83. The summed E-state index contributed by atoms with van der Waals surface area (Å²) >= 11 is 0. The number of aryl methyl sites for hydroxylation is 4. The predicted molar refractivity (Wildman–Crippen MR) is 274 cm³/mol. The third-order valence-electron chi connectivity index (χ3n) is 12.5. The van der Waals surface area contributed by atoms with Crippen LogP contribution < -0.4 is 4.74 Å². The standard InChI is InChI=1S/C61H59N3O/c1-38-20-22-42(23-21-38)45-28-29-62-54(36-45)47-33-46(34-49(35-47)61(8,9)10)50-18-15-19-55-57(50)63-59(53-31-39(2)30-41(4)58(53)65-11)64(55)56-32-40(3)51(43-16-13-12-14-17-43)37-52(56)44-24-26-48(27-25-44)60(5,6)7/h12-37H,1-11H3/i1D3,3D3. The van der Waals surface area contributed by atoms with E-state index >= 15 is 0 Å². The predicted octanol–water partition coefficient (Wildman–Crippen LogP) is 16.3. The van der Waals surface area contributed by atoms with Crippen LogP contribution in [-0.4, -0.2) is 21.6 Å². The summed E-state index contributed by atoms with van der Waals surface area (Å²) in [4.78, 5) is 10.5. The van der Waals surface area contributed by atoms with Crippen LogP contribution in [0.2, 0.25) is 0 Å². The summed E-state index contributed by atoms with van der Waals surface area (Å²) in [7, 11) is 1.68. The zero-order valence-corrected chi connectivity index (χ0v) is 38.8. The van der Waals surface area contributed by atoms with Crippen molar-refractivity contribution < 1.29 is 13.0 Å². The number of pyridine rings is 1. The van der Waals surface area contributed by atoms with Gasteiger partial charge in [0.1, 0.15) is 11.6 Å². The zero-order chi connectivity index (χ0) is 50.8. The molecule has 0 unspecified atom stereocenters. The third kappa shape index (κ3) is 8.42. The number of para-hydroxylation sites is 1. The van der Waals surface area contributed by atoms with E-state index in [2.05, 4.69) is 120 Å². The van der Waals surface area contributed by atoms with Gasteiger partial charge in [0.2, 0.25) is 0 Å². The van der Waals surface area contributed by atoms with E-state index in [1.807, 2.05) is 79.7 Å². The molecule has 9 rings (SSSR count). The number of nitrogens with zero attached hydrogens (tertiary/aromatic N) is 3. The van der Waals surface area contributed by atoms with Crippen LogP contribution >= 0.6 is 0 Å². The van der Waals surface area contributed by atoms with Crippen LogP contribution in [0.25, 0.3) is 83.9 Å². The first-order valence-electron chi connectivity index (χ1n) is 25.3. The Morgan fingerprint density at radius 2 is 1.22 bits per heavy atom. The first kappa shape index (κ1) is 36.3. The minimum Gasteiger partial charge on any atom is -0.496 e. The highest BCUT2D eigenvalue weighted by atomic mass is 16.5. The maximum Gasteiger partial charge on any atom is 0.149 e. The van der Waals surface area contributed by atoms with Crippen molar-refractivity contribution in [2.75, 3.05) is 7.11 Å². The highest BCUT2D eigenvalue weighted by molar-refractivity contribution is 5.98. The molecular formula is C61H59N3O. The summed E-state index contributed by atoms with van der Waals surface area (Å²) in [6.07, 6.45) is 1.79. The van der Waals surface area contributed by atoms with Gasteiger partial charge in [0.25, 0.3) is 0 Å². The normalized spacial score (nSPS) is 13.7. The topological polar surface area (TPSA) is 39.9 Å². The van der Waals surface area contributed by atoms with Gasteiger partial charge in [0.05, 0.1) is 35.1 Å².